The lowest BCUT2D eigenvalue weighted by molar-refractivity contribution is -0.138. The lowest BCUT2D eigenvalue weighted by Gasteiger charge is -2.14. The first-order valence-electron chi connectivity index (χ1n) is 5.49. The third kappa shape index (κ3) is 1.57. The van der Waals surface area contributed by atoms with Gasteiger partial charge in [-0.05, 0) is 30.2 Å². The third-order valence-corrected chi connectivity index (χ3v) is 3.66. The molecule has 2 aliphatic rings. The van der Waals surface area contributed by atoms with Crippen LogP contribution >= 0.6 is 0 Å². The molecule has 1 saturated heterocycles. The lowest BCUT2D eigenvalue weighted by atomic mass is 9.92. The molecule has 0 aromatic heterocycles. The van der Waals surface area contributed by atoms with Crippen molar-refractivity contribution >= 4 is 11.8 Å². The largest absolute Gasteiger partial charge is 0.416 e. The van der Waals surface area contributed by atoms with Crippen LogP contribution in [0.1, 0.15) is 17.5 Å². The molecule has 0 radical (unpaired) electrons. The Morgan fingerprint density at radius 2 is 1.89 bits per heavy atom. The number of amides is 2. The van der Waals surface area contributed by atoms with Gasteiger partial charge in [0, 0.05) is 0 Å². The van der Waals surface area contributed by atoms with Crippen molar-refractivity contribution in [3.63, 3.8) is 0 Å². The molecule has 0 unspecified atom stereocenters. The number of benzene rings is 1. The van der Waals surface area contributed by atoms with Gasteiger partial charge in [-0.15, -0.1) is 0 Å². The Kier molecular flexibility index (Phi) is 2.13. The van der Waals surface area contributed by atoms with Gasteiger partial charge in [0.15, 0.2) is 0 Å². The van der Waals surface area contributed by atoms with Crippen LogP contribution in [0.25, 0.3) is 0 Å². The standard InChI is InChI=1S/C12H7F4NO2/c13-7-2-5(1-6(3-7)12(14,15)16)11-4-8(11)9(18)17-10(11)19/h1-3,8H,4H2,(H,17,18,19)/t8-,11+/m1/s1. The van der Waals surface area contributed by atoms with Crippen LogP contribution in [-0.4, -0.2) is 11.8 Å². The van der Waals surface area contributed by atoms with Crippen LogP contribution in [0.5, 0.6) is 0 Å². The fourth-order valence-electron chi connectivity index (χ4n) is 2.60. The van der Waals surface area contributed by atoms with E-state index in [4.69, 9.17) is 0 Å². The number of hydrogen-bond acceptors (Lipinski definition) is 2. The molecule has 7 heteroatoms. The predicted molar refractivity (Wildman–Crippen MR) is 54.3 cm³/mol. The Bertz CT molecular complexity index is 610. The van der Waals surface area contributed by atoms with Crippen molar-refractivity contribution < 1.29 is 27.2 Å². The Morgan fingerprint density at radius 3 is 2.37 bits per heavy atom. The van der Waals surface area contributed by atoms with E-state index in [0.717, 1.165) is 12.1 Å². The number of halogens is 4. The molecule has 1 heterocycles. The van der Waals surface area contributed by atoms with Crippen molar-refractivity contribution in [3.8, 4) is 0 Å². The van der Waals surface area contributed by atoms with Gasteiger partial charge < -0.3 is 0 Å². The topological polar surface area (TPSA) is 46.2 Å². The van der Waals surface area contributed by atoms with E-state index in [0.29, 0.717) is 6.07 Å². The number of hydrogen-bond donors (Lipinski definition) is 1. The van der Waals surface area contributed by atoms with E-state index >= 15 is 0 Å². The van der Waals surface area contributed by atoms with Crippen LogP contribution in [0.2, 0.25) is 0 Å². The zero-order valence-corrected chi connectivity index (χ0v) is 9.34. The minimum absolute atomic E-state index is 0.0897. The number of nitrogens with one attached hydrogen (secondary N) is 1. The van der Waals surface area contributed by atoms with Gasteiger partial charge in [0.25, 0.3) is 0 Å². The van der Waals surface area contributed by atoms with E-state index in [2.05, 4.69) is 5.32 Å². The van der Waals surface area contributed by atoms with Crippen LogP contribution in [0.4, 0.5) is 17.6 Å². The summed E-state index contributed by atoms with van der Waals surface area (Å²) in [5.41, 5.74) is -2.55. The number of fused-ring (bicyclic) bond motifs is 1. The summed E-state index contributed by atoms with van der Waals surface area (Å²) < 4.78 is 51.1. The van der Waals surface area contributed by atoms with E-state index in [-0.39, 0.29) is 12.0 Å². The molecule has 2 atom stereocenters. The first-order chi connectivity index (χ1) is 8.75. The highest BCUT2D eigenvalue weighted by atomic mass is 19.4. The molecule has 0 bridgehead atoms. The van der Waals surface area contributed by atoms with E-state index in [1.807, 2.05) is 0 Å². The summed E-state index contributed by atoms with van der Waals surface area (Å²) in [5.74, 6) is -2.91. The van der Waals surface area contributed by atoms with E-state index in [9.17, 15) is 27.2 Å². The fraction of sp³-hybridized carbons (Fsp3) is 0.333. The summed E-state index contributed by atoms with van der Waals surface area (Å²) in [6.07, 6.45) is -4.56. The molecule has 1 N–H and O–H groups in total. The summed E-state index contributed by atoms with van der Waals surface area (Å²) in [6.45, 7) is 0. The Hall–Kier alpha value is -1.92. The van der Waals surface area contributed by atoms with Crippen molar-refractivity contribution in [2.45, 2.75) is 18.0 Å². The minimum Gasteiger partial charge on any atom is -0.295 e. The van der Waals surface area contributed by atoms with Crippen LogP contribution in [0, 0.1) is 11.7 Å². The second-order valence-electron chi connectivity index (χ2n) is 4.77. The zero-order valence-electron chi connectivity index (χ0n) is 9.34. The Balaban J connectivity index is 2.11. The smallest absolute Gasteiger partial charge is 0.295 e. The zero-order chi connectivity index (χ0) is 14.0. The molecule has 1 aromatic carbocycles. The quantitative estimate of drug-likeness (QED) is 0.626. The summed E-state index contributed by atoms with van der Waals surface area (Å²) in [7, 11) is 0. The summed E-state index contributed by atoms with van der Waals surface area (Å²) in [5, 5.41) is 2.05. The Labute approximate surface area is 104 Å². The summed E-state index contributed by atoms with van der Waals surface area (Å²) >= 11 is 0. The van der Waals surface area contributed by atoms with Crippen molar-refractivity contribution in [1.29, 1.82) is 0 Å². The van der Waals surface area contributed by atoms with Crippen molar-refractivity contribution in [3.05, 3.63) is 35.1 Å². The first-order valence-corrected chi connectivity index (χ1v) is 5.49. The van der Waals surface area contributed by atoms with Crippen molar-refractivity contribution in [2.24, 2.45) is 5.92 Å². The van der Waals surface area contributed by atoms with Gasteiger partial charge in [-0.1, -0.05) is 0 Å². The number of piperidine rings is 1. The number of carbonyl (C=O) groups is 2. The second kappa shape index (κ2) is 3.34. The molecule has 1 saturated carbocycles. The molecule has 2 fully saturated rings. The predicted octanol–water partition coefficient (Wildman–Crippen LogP) is 1.76. The highest BCUT2D eigenvalue weighted by Crippen LogP contribution is 2.58. The van der Waals surface area contributed by atoms with Crippen LogP contribution < -0.4 is 5.32 Å². The van der Waals surface area contributed by atoms with Crippen LogP contribution in [-0.2, 0) is 21.2 Å². The summed E-state index contributed by atoms with van der Waals surface area (Å²) in [6, 6.07) is 1.99. The van der Waals surface area contributed by atoms with Gasteiger partial charge in [0.1, 0.15) is 5.82 Å². The van der Waals surface area contributed by atoms with Crippen LogP contribution in [0.3, 0.4) is 0 Å². The van der Waals surface area contributed by atoms with E-state index in [1.54, 1.807) is 0 Å². The number of alkyl halides is 3. The Morgan fingerprint density at radius 1 is 1.21 bits per heavy atom. The average Bonchev–Trinajstić information content (AvgIpc) is 2.98. The van der Waals surface area contributed by atoms with Gasteiger partial charge >= 0.3 is 6.18 Å². The molecule has 1 aliphatic carbocycles. The monoisotopic (exact) mass is 273 g/mol. The van der Waals surface area contributed by atoms with Gasteiger partial charge in [-0.25, -0.2) is 4.39 Å². The lowest BCUT2D eigenvalue weighted by Crippen LogP contribution is -2.30. The number of imide groups is 1. The maximum Gasteiger partial charge on any atom is 0.416 e. The summed E-state index contributed by atoms with van der Waals surface area (Å²) in [4.78, 5) is 23.0. The molecule has 3 nitrogen and oxygen atoms in total. The molecule has 1 aliphatic heterocycles. The van der Waals surface area contributed by atoms with Crippen molar-refractivity contribution in [2.75, 3.05) is 0 Å². The minimum atomic E-state index is -4.70. The van der Waals surface area contributed by atoms with E-state index < -0.39 is 40.7 Å². The van der Waals surface area contributed by atoms with Gasteiger partial charge in [0.2, 0.25) is 11.8 Å². The molecular formula is C12H7F4NO2. The van der Waals surface area contributed by atoms with Crippen molar-refractivity contribution in [1.82, 2.24) is 5.32 Å². The highest BCUT2D eigenvalue weighted by molar-refractivity contribution is 6.15. The average molecular weight is 273 g/mol. The highest BCUT2D eigenvalue weighted by Gasteiger charge is 2.69. The van der Waals surface area contributed by atoms with Gasteiger partial charge in [0.05, 0.1) is 16.9 Å². The molecular weight excluding hydrogens is 266 g/mol. The number of rotatable bonds is 1. The van der Waals surface area contributed by atoms with Gasteiger partial charge in [-0.2, -0.15) is 13.2 Å². The SMILES string of the molecule is O=C1NC(=O)[C@]2(c3cc(F)cc(C(F)(F)F)c3)C[C@H]12. The molecule has 19 heavy (non-hydrogen) atoms. The van der Waals surface area contributed by atoms with E-state index in [1.165, 1.54) is 0 Å². The van der Waals surface area contributed by atoms with Gasteiger partial charge in [-0.3, -0.25) is 14.9 Å². The molecule has 0 spiro atoms. The number of carbonyl (C=O) groups excluding carboxylic acids is 2. The molecule has 1 aromatic rings. The normalized spacial score (nSPS) is 29.2. The first kappa shape index (κ1) is 12.1. The van der Waals surface area contributed by atoms with Crippen LogP contribution in [0.15, 0.2) is 18.2 Å². The second-order valence-corrected chi connectivity index (χ2v) is 4.77. The molecule has 2 amide bonds. The molecule has 100 valence electrons. The maximum atomic E-state index is 13.3. The fourth-order valence-corrected chi connectivity index (χ4v) is 2.60. The maximum absolute atomic E-state index is 13.3. The third-order valence-electron chi connectivity index (χ3n) is 3.66. The molecule has 3 rings (SSSR count).